The van der Waals surface area contributed by atoms with Crippen LogP contribution in [0.25, 0.3) is 0 Å². The largest absolute Gasteiger partial charge is 0.318 e. The van der Waals surface area contributed by atoms with Gasteiger partial charge in [0.1, 0.15) is 0 Å². The van der Waals surface area contributed by atoms with Gasteiger partial charge in [0.2, 0.25) is 5.69 Å². The number of aromatic nitrogens is 1. The molecule has 1 aliphatic heterocycles. The van der Waals surface area contributed by atoms with E-state index >= 15 is 0 Å². The number of hydrogen-bond acceptors (Lipinski definition) is 5. The third kappa shape index (κ3) is 4.72. The van der Waals surface area contributed by atoms with Gasteiger partial charge in [0.05, 0.1) is 12.2 Å². The standard InChI is InChI=1S/C20H35O2PS2.C10H14N2/c1-17(2)13-7-9-19(17,5)15(11-13)21-23(24,25)22-16-12-14-8-10-20(16,6)18(14,3)4;1-12-7-3-5-10(12)9-4-2-6-11-8-9/h13-16H,7-12H2,1-6H3,(H,24,25);2,4,6,8,10H,3,5,7H2,1H3/t13-,14-,15+,16+,19+,20+;10-/m00/s1. The summed E-state index contributed by atoms with van der Waals surface area (Å²) in [7, 11) is 2.19. The smallest absolute Gasteiger partial charge is 0.244 e. The maximum Gasteiger partial charge on any atom is 0.244 e. The highest BCUT2D eigenvalue weighted by molar-refractivity contribution is 8.60. The van der Waals surface area contributed by atoms with Gasteiger partial charge < -0.3 is 9.05 Å². The van der Waals surface area contributed by atoms with Crippen molar-refractivity contribution in [3.63, 3.8) is 0 Å². The Kier molecular flexibility index (Phi) is 7.59. The third-order valence-electron chi connectivity index (χ3n) is 12.5. The summed E-state index contributed by atoms with van der Waals surface area (Å²) in [4.78, 5) is 6.54. The molecule has 1 aromatic heterocycles. The molecule has 0 radical (unpaired) electrons. The van der Waals surface area contributed by atoms with Crippen LogP contribution < -0.4 is 0 Å². The molecule has 6 rings (SSSR count). The molecule has 208 valence electrons. The van der Waals surface area contributed by atoms with Gasteiger partial charge >= 0.3 is 0 Å². The van der Waals surface area contributed by atoms with Crippen molar-refractivity contribution in [2.24, 2.45) is 33.5 Å². The zero-order valence-corrected chi connectivity index (χ0v) is 26.7. The number of nitrogens with zero attached hydrogens (tertiary/aromatic N) is 2. The second-order valence-corrected chi connectivity index (χ2v) is 19.5. The molecule has 4 aliphatic carbocycles. The van der Waals surface area contributed by atoms with Crippen molar-refractivity contribution in [3.05, 3.63) is 30.1 Å². The summed E-state index contributed by atoms with van der Waals surface area (Å²) < 4.78 is 13.0. The number of fused-ring (bicyclic) bond motifs is 4. The summed E-state index contributed by atoms with van der Waals surface area (Å²) in [5, 5.41) is 0. The molecule has 0 amide bonds. The van der Waals surface area contributed by atoms with E-state index in [1.54, 1.807) is 0 Å². The van der Waals surface area contributed by atoms with Crippen LogP contribution in [0.3, 0.4) is 0 Å². The molecule has 5 aliphatic rings. The molecule has 4 saturated carbocycles. The lowest BCUT2D eigenvalue weighted by atomic mass is 9.70. The zero-order chi connectivity index (χ0) is 26.9. The summed E-state index contributed by atoms with van der Waals surface area (Å²) in [5.41, 5.74) is -0.0652. The number of thiol groups is 1. The van der Waals surface area contributed by atoms with Crippen molar-refractivity contribution >= 4 is 29.7 Å². The quantitative estimate of drug-likeness (QED) is 0.287. The van der Waals surface area contributed by atoms with Crippen molar-refractivity contribution in [2.75, 3.05) is 13.6 Å². The molecule has 0 spiro atoms. The van der Waals surface area contributed by atoms with E-state index in [0.29, 0.717) is 16.9 Å². The van der Waals surface area contributed by atoms with E-state index in [4.69, 9.17) is 33.1 Å². The van der Waals surface area contributed by atoms with Crippen LogP contribution in [0.1, 0.15) is 105 Å². The van der Waals surface area contributed by atoms with Gasteiger partial charge in [0, 0.05) is 18.4 Å². The maximum absolute atomic E-state index is 6.52. The first-order valence-electron chi connectivity index (χ1n) is 14.5. The minimum absolute atomic E-state index is 0.212. The Bertz CT molecular complexity index is 986. The molecule has 7 heteroatoms. The normalized spacial score (nSPS) is 41.7. The van der Waals surface area contributed by atoms with Crippen LogP contribution in [0.15, 0.2) is 24.5 Å². The van der Waals surface area contributed by atoms with Crippen molar-refractivity contribution < 1.29 is 9.05 Å². The molecule has 37 heavy (non-hydrogen) atoms. The summed E-state index contributed by atoms with van der Waals surface area (Å²) >= 11 is 10.6. The van der Waals surface area contributed by atoms with E-state index in [9.17, 15) is 0 Å². The molecule has 0 N–H and O–H groups in total. The van der Waals surface area contributed by atoms with Gasteiger partial charge in [-0.15, -0.1) is 0 Å². The number of hydrogen-bond donors (Lipinski definition) is 1. The lowest BCUT2D eigenvalue weighted by Gasteiger charge is -2.42. The lowest BCUT2D eigenvalue weighted by Crippen LogP contribution is -2.38. The topological polar surface area (TPSA) is 34.6 Å². The van der Waals surface area contributed by atoms with Gasteiger partial charge in [-0.05, 0) is 122 Å². The Hall–Kier alpha value is 0.0300. The molecule has 1 aromatic rings. The fourth-order valence-electron chi connectivity index (χ4n) is 8.83. The number of likely N-dealkylation sites (tertiary alicyclic amines) is 1. The highest BCUT2D eigenvalue weighted by atomic mass is 32.9. The second-order valence-electron chi connectivity index (χ2n) is 14.3. The molecule has 4 nitrogen and oxygen atoms in total. The predicted molar refractivity (Wildman–Crippen MR) is 160 cm³/mol. The van der Waals surface area contributed by atoms with E-state index in [1.165, 1.54) is 50.6 Å². The Morgan fingerprint density at radius 3 is 1.84 bits per heavy atom. The monoisotopic (exact) mass is 564 g/mol. The third-order valence-corrected chi connectivity index (χ3v) is 14.7. The highest BCUT2D eigenvalue weighted by Gasteiger charge is 2.64. The van der Waals surface area contributed by atoms with Gasteiger partial charge in [-0.3, -0.25) is 9.88 Å². The minimum Gasteiger partial charge on any atom is -0.318 e. The van der Waals surface area contributed by atoms with Gasteiger partial charge in [-0.1, -0.05) is 59.9 Å². The highest BCUT2D eigenvalue weighted by Crippen LogP contribution is 2.73. The zero-order valence-electron chi connectivity index (χ0n) is 24.1. The summed E-state index contributed by atoms with van der Waals surface area (Å²) in [6.45, 7) is 15.7. The van der Waals surface area contributed by atoms with Crippen LogP contribution >= 0.6 is 17.9 Å². The summed E-state index contributed by atoms with van der Waals surface area (Å²) in [6.07, 6.45) is 14.2. The predicted octanol–water partition coefficient (Wildman–Crippen LogP) is 8.45. The molecular formula is C30H49N2O2PS2. The lowest BCUT2D eigenvalue weighted by molar-refractivity contribution is 0.00167. The SMILES string of the molecule is CC1(C)[C@H]2CC[C@]1(C)[C@H](OP(=S)(S)O[C@@H]1C[C@@H]3CC[C@@]1(C)C3(C)C)C2.CN1CCC[C@H]1c1cccnc1. The Balaban J connectivity index is 0.000000195. The van der Waals surface area contributed by atoms with Gasteiger partial charge in [0.15, 0.2) is 0 Å². The molecular weight excluding hydrogens is 515 g/mol. The van der Waals surface area contributed by atoms with E-state index in [2.05, 4.69) is 64.5 Å². The molecule has 7 atom stereocenters. The molecule has 5 fully saturated rings. The fraction of sp³-hybridized carbons (Fsp3) is 0.833. The van der Waals surface area contributed by atoms with Crippen molar-refractivity contribution in [1.82, 2.24) is 9.88 Å². The van der Waals surface area contributed by atoms with E-state index < -0.39 is 5.69 Å². The van der Waals surface area contributed by atoms with E-state index in [1.807, 2.05) is 18.5 Å². The second kappa shape index (κ2) is 9.84. The van der Waals surface area contributed by atoms with E-state index in [-0.39, 0.29) is 23.0 Å². The Morgan fingerprint density at radius 1 is 0.946 bits per heavy atom. The summed E-state index contributed by atoms with van der Waals surface area (Å²) in [6, 6.07) is 4.79. The van der Waals surface area contributed by atoms with Crippen LogP contribution in [-0.2, 0) is 20.9 Å². The molecule has 0 unspecified atom stereocenters. The van der Waals surface area contributed by atoms with Crippen LogP contribution in [0.5, 0.6) is 0 Å². The molecule has 1 saturated heterocycles. The first kappa shape index (κ1) is 28.6. The Labute approximate surface area is 236 Å². The van der Waals surface area contributed by atoms with Gasteiger partial charge in [-0.25, -0.2) is 0 Å². The van der Waals surface area contributed by atoms with Crippen LogP contribution in [-0.4, -0.2) is 35.7 Å². The summed E-state index contributed by atoms with van der Waals surface area (Å²) in [5.74, 6) is 1.51. The van der Waals surface area contributed by atoms with Crippen LogP contribution in [0.4, 0.5) is 0 Å². The molecule has 4 bridgehead atoms. The van der Waals surface area contributed by atoms with Crippen LogP contribution in [0.2, 0.25) is 0 Å². The van der Waals surface area contributed by atoms with Gasteiger partial charge in [-0.2, -0.15) is 0 Å². The number of pyridine rings is 1. The Morgan fingerprint density at radius 2 is 1.49 bits per heavy atom. The first-order valence-corrected chi connectivity index (χ1v) is 18.3. The average molecular weight is 565 g/mol. The fourth-order valence-corrected chi connectivity index (χ4v) is 11.5. The first-order chi connectivity index (χ1) is 17.2. The average Bonchev–Trinajstić information content (AvgIpc) is 3.52. The number of rotatable bonds is 5. The molecule has 0 aromatic carbocycles. The molecule has 2 heterocycles. The van der Waals surface area contributed by atoms with Crippen molar-refractivity contribution in [3.8, 4) is 0 Å². The van der Waals surface area contributed by atoms with E-state index in [0.717, 1.165) is 24.7 Å². The van der Waals surface area contributed by atoms with Crippen molar-refractivity contribution in [1.29, 1.82) is 0 Å². The van der Waals surface area contributed by atoms with Crippen LogP contribution in [0, 0.1) is 33.5 Å². The minimum atomic E-state index is -2.52. The van der Waals surface area contributed by atoms with Crippen molar-refractivity contribution in [2.45, 2.75) is 111 Å². The van der Waals surface area contributed by atoms with Gasteiger partial charge in [0.25, 0.3) is 0 Å². The maximum atomic E-state index is 6.52.